The van der Waals surface area contributed by atoms with Crippen LogP contribution in [0.25, 0.3) is 0 Å². The number of benzene rings is 2. The second kappa shape index (κ2) is 5.45. The second-order valence-electron chi connectivity index (χ2n) is 6.82. The average Bonchev–Trinajstić information content (AvgIpc) is 3.02. The molecule has 0 saturated carbocycles. The molecule has 5 heteroatoms. The molecule has 0 bridgehead atoms. The number of hydrazone groups is 1. The summed E-state index contributed by atoms with van der Waals surface area (Å²) in [6.45, 7) is 1.93. The minimum atomic E-state index is -0.828. The van der Waals surface area contributed by atoms with E-state index in [4.69, 9.17) is 0 Å². The minimum Gasteiger partial charge on any atom is -0.293 e. The van der Waals surface area contributed by atoms with Crippen LogP contribution < -0.4 is 5.01 Å². The summed E-state index contributed by atoms with van der Waals surface area (Å²) in [7, 11) is 0. The zero-order chi connectivity index (χ0) is 18.7. The highest BCUT2D eigenvalue weighted by Gasteiger charge is 2.46. The van der Waals surface area contributed by atoms with E-state index in [1.807, 2.05) is 25.1 Å². The molecule has 130 valence electrons. The van der Waals surface area contributed by atoms with Gasteiger partial charge >= 0.3 is 0 Å². The smallest absolute Gasteiger partial charge is 0.280 e. The van der Waals surface area contributed by atoms with Gasteiger partial charge in [0.05, 0.1) is 22.9 Å². The van der Waals surface area contributed by atoms with Crippen LogP contribution in [-0.2, 0) is 4.79 Å². The number of carbonyl (C=O) groups is 3. The maximum atomic E-state index is 13.1. The summed E-state index contributed by atoms with van der Waals surface area (Å²) in [5.74, 6) is -1.49. The van der Waals surface area contributed by atoms with Gasteiger partial charge in [0, 0.05) is 16.7 Å². The van der Waals surface area contributed by atoms with Crippen molar-refractivity contribution in [2.45, 2.75) is 6.92 Å². The van der Waals surface area contributed by atoms with Crippen molar-refractivity contribution in [2.75, 3.05) is 5.01 Å². The number of nitrogens with zero attached hydrogens (tertiary/aromatic N) is 2. The largest absolute Gasteiger partial charge is 0.293 e. The lowest BCUT2D eigenvalue weighted by atomic mass is 9.72. The third kappa shape index (κ3) is 2.11. The number of ketones is 2. The van der Waals surface area contributed by atoms with Gasteiger partial charge in [-0.25, -0.2) is 0 Å². The van der Waals surface area contributed by atoms with Crippen molar-refractivity contribution in [1.82, 2.24) is 0 Å². The predicted molar refractivity (Wildman–Crippen MR) is 101 cm³/mol. The first kappa shape index (κ1) is 15.6. The number of amides is 1. The SMILES string of the molecule is Cc1cccc(N2N=C3C(=CC=C4C(=O)c5ccccc5C(=O)C43)C2=O)c1. The molecule has 1 unspecified atom stereocenters. The summed E-state index contributed by atoms with van der Waals surface area (Å²) < 4.78 is 0. The summed E-state index contributed by atoms with van der Waals surface area (Å²) in [6.07, 6.45) is 3.19. The van der Waals surface area contributed by atoms with Gasteiger partial charge in [-0.1, -0.05) is 42.5 Å². The zero-order valence-electron chi connectivity index (χ0n) is 14.5. The molecule has 3 aliphatic rings. The minimum absolute atomic E-state index is 0.186. The molecule has 2 aromatic rings. The first-order chi connectivity index (χ1) is 13.1. The Kier molecular flexibility index (Phi) is 3.15. The maximum absolute atomic E-state index is 13.1. The van der Waals surface area contributed by atoms with Crippen molar-refractivity contribution in [3.63, 3.8) is 0 Å². The first-order valence-corrected chi connectivity index (χ1v) is 8.66. The summed E-state index contributed by atoms with van der Waals surface area (Å²) in [6, 6.07) is 14.2. The van der Waals surface area contributed by atoms with E-state index in [1.165, 1.54) is 5.01 Å². The molecule has 2 aliphatic carbocycles. The number of anilines is 1. The molecule has 0 aromatic heterocycles. The molecular weight excluding hydrogens is 340 g/mol. The molecule has 5 nitrogen and oxygen atoms in total. The predicted octanol–water partition coefficient (Wildman–Crippen LogP) is 3.26. The molecule has 1 heterocycles. The monoisotopic (exact) mass is 354 g/mol. The van der Waals surface area contributed by atoms with Crippen molar-refractivity contribution in [3.8, 4) is 0 Å². The Hall–Kier alpha value is -3.60. The van der Waals surface area contributed by atoms with E-state index in [-0.39, 0.29) is 17.5 Å². The fourth-order valence-corrected chi connectivity index (χ4v) is 3.83. The summed E-state index contributed by atoms with van der Waals surface area (Å²) >= 11 is 0. The lowest BCUT2D eigenvalue weighted by Gasteiger charge is -2.26. The van der Waals surface area contributed by atoms with E-state index >= 15 is 0 Å². The fraction of sp³-hybridized carbons (Fsp3) is 0.0909. The molecule has 0 radical (unpaired) electrons. The quantitative estimate of drug-likeness (QED) is 0.789. The van der Waals surface area contributed by atoms with Crippen molar-refractivity contribution >= 4 is 28.9 Å². The number of carbonyl (C=O) groups excluding carboxylic acids is 3. The Bertz CT molecular complexity index is 1150. The van der Waals surface area contributed by atoms with Crippen LogP contribution in [0.5, 0.6) is 0 Å². The Labute approximate surface area is 155 Å². The Morgan fingerprint density at radius 1 is 0.926 bits per heavy atom. The number of Topliss-reactive ketones (excluding diaryl/α,β-unsaturated/α-hetero) is 2. The van der Waals surface area contributed by atoms with Crippen LogP contribution in [0.2, 0.25) is 0 Å². The summed E-state index contributed by atoms with van der Waals surface area (Å²) in [5.41, 5.74) is 3.52. The van der Waals surface area contributed by atoms with E-state index < -0.39 is 5.92 Å². The van der Waals surface area contributed by atoms with Crippen molar-refractivity contribution < 1.29 is 14.4 Å². The van der Waals surface area contributed by atoms with Gasteiger partial charge in [-0.15, -0.1) is 0 Å². The third-order valence-electron chi connectivity index (χ3n) is 5.13. The lowest BCUT2D eigenvalue weighted by Crippen LogP contribution is -2.37. The molecular formula is C22H14N2O3. The number of hydrogen-bond acceptors (Lipinski definition) is 4. The van der Waals surface area contributed by atoms with Gasteiger partial charge in [0.25, 0.3) is 5.91 Å². The number of rotatable bonds is 1. The van der Waals surface area contributed by atoms with Crippen molar-refractivity contribution in [2.24, 2.45) is 11.0 Å². The van der Waals surface area contributed by atoms with E-state index in [0.717, 1.165) is 5.56 Å². The van der Waals surface area contributed by atoms with E-state index in [2.05, 4.69) is 5.10 Å². The van der Waals surface area contributed by atoms with Gasteiger partial charge in [0.1, 0.15) is 0 Å². The van der Waals surface area contributed by atoms with Gasteiger partial charge in [0.2, 0.25) is 0 Å². The van der Waals surface area contributed by atoms with Gasteiger partial charge in [0.15, 0.2) is 11.6 Å². The van der Waals surface area contributed by atoms with Gasteiger partial charge in [-0.05, 0) is 30.7 Å². The molecule has 2 aromatic carbocycles. The lowest BCUT2D eigenvalue weighted by molar-refractivity contribution is -0.114. The maximum Gasteiger partial charge on any atom is 0.280 e. The van der Waals surface area contributed by atoms with Crippen molar-refractivity contribution in [3.05, 3.63) is 88.5 Å². The van der Waals surface area contributed by atoms with E-state index in [1.54, 1.807) is 42.5 Å². The van der Waals surface area contributed by atoms with Crippen LogP contribution in [0, 0.1) is 12.8 Å². The fourth-order valence-electron chi connectivity index (χ4n) is 3.83. The van der Waals surface area contributed by atoms with Gasteiger partial charge < -0.3 is 0 Å². The zero-order valence-corrected chi connectivity index (χ0v) is 14.5. The Morgan fingerprint density at radius 2 is 1.70 bits per heavy atom. The Morgan fingerprint density at radius 3 is 2.48 bits per heavy atom. The highest BCUT2D eigenvalue weighted by molar-refractivity contribution is 6.41. The summed E-state index contributed by atoms with van der Waals surface area (Å²) in [5, 5.41) is 5.77. The molecule has 0 saturated heterocycles. The molecule has 0 fully saturated rings. The molecule has 1 atom stereocenters. The van der Waals surface area contributed by atoms with E-state index in [9.17, 15) is 14.4 Å². The summed E-state index contributed by atoms with van der Waals surface area (Å²) in [4.78, 5) is 38.8. The molecule has 1 amide bonds. The average molecular weight is 354 g/mol. The van der Waals surface area contributed by atoms with Gasteiger partial charge in [-0.2, -0.15) is 10.1 Å². The third-order valence-corrected chi connectivity index (χ3v) is 5.13. The van der Waals surface area contributed by atoms with Crippen LogP contribution in [0.15, 0.2) is 76.9 Å². The van der Waals surface area contributed by atoms with Crippen LogP contribution >= 0.6 is 0 Å². The highest BCUT2D eigenvalue weighted by atomic mass is 16.2. The number of allylic oxidation sites excluding steroid dienone is 3. The molecule has 1 aliphatic heterocycles. The molecule has 0 spiro atoms. The number of aryl methyl sites for hydroxylation is 1. The first-order valence-electron chi connectivity index (χ1n) is 8.66. The Balaban J connectivity index is 1.66. The highest BCUT2D eigenvalue weighted by Crippen LogP contribution is 2.38. The number of hydrogen-bond donors (Lipinski definition) is 0. The van der Waals surface area contributed by atoms with Crippen LogP contribution in [0.1, 0.15) is 26.3 Å². The molecule has 27 heavy (non-hydrogen) atoms. The number of fused-ring (bicyclic) bond motifs is 4. The molecule has 0 N–H and O–H groups in total. The van der Waals surface area contributed by atoms with E-state index in [0.29, 0.717) is 33.7 Å². The topological polar surface area (TPSA) is 66.8 Å². The second-order valence-corrected chi connectivity index (χ2v) is 6.82. The van der Waals surface area contributed by atoms with Gasteiger partial charge in [-0.3, -0.25) is 14.4 Å². The molecule has 5 rings (SSSR count). The standard InChI is InChI=1S/C22H14N2O3/c1-12-5-4-6-13(11-12)24-22(27)17-10-9-16-18(19(17)23-24)21(26)15-8-3-2-7-14(15)20(16)25/h2-11,18H,1H3. The normalized spacial score (nSPS) is 20.5. The van der Waals surface area contributed by atoms with Crippen LogP contribution in [0.3, 0.4) is 0 Å². The van der Waals surface area contributed by atoms with Crippen molar-refractivity contribution in [1.29, 1.82) is 0 Å². The van der Waals surface area contributed by atoms with Crippen LogP contribution in [0.4, 0.5) is 5.69 Å². The van der Waals surface area contributed by atoms with Crippen LogP contribution in [-0.4, -0.2) is 23.2 Å².